The van der Waals surface area contributed by atoms with Gasteiger partial charge in [0.15, 0.2) is 11.5 Å². The van der Waals surface area contributed by atoms with Crippen LogP contribution in [0.3, 0.4) is 0 Å². The highest BCUT2D eigenvalue weighted by Gasteiger charge is 2.34. The largest absolute Gasteiger partial charge is 0.493 e. The van der Waals surface area contributed by atoms with Gasteiger partial charge in [-0.25, -0.2) is 9.18 Å². The summed E-state index contributed by atoms with van der Waals surface area (Å²) in [6, 6.07) is 11.7. The van der Waals surface area contributed by atoms with E-state index in [0.717, 1.165) is 18.4 Å². The Morgan fingerprint density at radius 2 is 1.85 bits per heavy atom. The monoisotopic (exact) mass is 471 g/mol. The van der Waals surface area contributed by atoms with Crippen molar-refractivity contribution in [3.63, 3.8) is 0 Å². The summed E-state index contributed by atoms with van der Waals surface area (Å²) in [7, 11) is 3.16. The summed E-state index contributed by atoms with van der Waals surface area (Å²) in [5.74, 6) is 0.304. The molecule has 0 aliphatic carbocycles. The second-order valence-corrected chi connectivity index (χ2v) is 8.58. The third-order valence-corrected chi connectivity index (χ3v) is 6.15. The van der Waals surface area contributed by atoms with Gasteiger partial charge < -0.3 is 25.0 Å². The van der Waals surface area contributed by atoms with E-state index >= 15 is 0 Å². The van der Waals surface area contributed by atoms with Crippen LogP contribution in [0.5, 0.6) is 11.5 Å². The highest BCUT2D eigenvalue weighted by Crippen LogP contribution is 2.36. The first-order valence-electron chi connectivity index (χ1n) is 11.7. The fourth-order valence-electron chi connectivity index (χ4n) is 4.27. The lowest BCUT2D eigenvalue weighted by Gasteiger charge is -2.37. The van der Waals surface area contributed by atoms with Crippen molar-refractivity contribution >= 4 is 11.9 Å². The van der Waals surface area contributed by atoms with E-state index in [-0.39, 0.29) is 30.2 Å². The Bertz CT molecular complexity index is 984. The molecule has 34 heavy (non-hydrogen) atoms. The zero-order valence-corrected chi connectivity index (χ0v) is 20.1. The topological polar surface area (TPSA) is 79.9 Å². The Kier molecular flexibility index (Phi) is 9.13. The molecule has 2 aromatic carbocycles. The van der Waals surface area contributed by atoms with Crippen molar-refractivity contribution in [2.45, 2.75) is 38.6 Å². The van der Waals surface area contributed by atoms with Crippen LogP contribution in [-0.4, -0.2) is 50.7 Å². The van der Waals surface area contributed by atoms with Gasteiger partial charge in [-0.1, -0.05) is 31.5 Å². The number of rotatable bonds is 9. The number of methoxy groups -OCH3 is 2. The number of benzene rings is 2. The molecule has 1 heterocycles. The number of nitrogens with zero attached hydrogens (tertiary/aromatic N) is 1. The van der Waals surface area contributed by atoms with Gasteiger partial charge in [-0.05, 0) is 48.2 Å². The molecule has 0 saturated carbocycles. The van der Waals surface area contributed by atoms with E-state index in [1.165, 1.54) is 12.1 Å². The lowest BCUT2D eigenvalue weighted by Crippen LogP contribution is -2.51. The molecule has 1 saturated heterocycles. The Morgan fingerprint density at radius 3 is 2.56 bits per heavy atom. The van der Waals surface area contributed by atoms with E-state index in [9.17, 15) is 14.0 Å². The van der Waals surface area contributed by atoms with Gasteiger partial charge >= 0.3 is 6.03 Å². The number of piperidine rings is 1. The third kappa shape index (κ3) is 6.62. The smallest absolute Gasteiger partial charge is 0.317 e. The van der Waals surface area contributed by atoms with Crippen molar-refractivity contribution in [1.82, 2.24) is 15.5 Å². The first-order valence-corrected chi connectivity index (χ1v) is 11.7. The number of likely N-dealkylation sites (tertiary alicyclic amines) is 1. The first kappa shape index (κ1) is 25.3. The van der Waals surface area contributed by atoms with E-state index in [0.29, 0.717) is 43.1 Å². The van der Waals surface area contributed by atoms with Crippen LogP contribution in [0.1, 0.15) is 43.2 Å². The predicted octanol–water partition coefficient (Wildman–Crippen LogP) is 4.07. The molecular formula is C26H34FN3O4. The number of unbranched alkanes of at least 4 members (excludes halogenated alkanes) is 1. The van der Waals surface area contributed by atoms with Crippen LogP contribution >= 0.6 is 0 Å². The quantitative estimate of drug-likeness (QED) is 0.541. The molecule has 8 heteroatoms. The van der Waals surface area contributed by atoms with E-state index in [4.69, 9.17) is 9.47 Å². The lowest BCUT2D eigenvalue weighted by molar-refractivity contribution is -0.126. The highest BCUT2D eigenvalue weighted by atomic mass is 19.1. The van der Waals surface area contributed by atoms with Gasteiger partial charge in [0, 0.05) is 32.1 Å². The normalized spacial score (nSPS) is 17.7. The van der Waals surface area contributed by atoms with E-state index in [2.05, 4.69) is 17.6 Å². The third-order valence-electron chi connectivity index (χ3n) is 6.15. The summed E-state index contributed by atoms with van der Waals surface area (Å²) in [5, 5.41) is 5.87. The summed E-state index contributed by atoms with van der Waals surface area (Å²) >= 11 is 0. The van der Waals surface area contributed by atoms with Crippen molar-refractivity contribution in [2.75, 3.05) is 33.9 Å². The maximum absolute atomic E-state index is 13.5. The van der Waals surface area contributed by atoms with Gasteiger partial charge in [0.25, 0.3) is 0 Å². The van der Waals surface area contributed by atoms with Crippen LogP contribution in [0.2, 0.25) is 0 Å². The zero-order chi connectivity index (χ0) is 24.5. The maximum atomic E-state index is 13.5. The molecule has 0 spiro atoms. The second kappa shape index (κ2) is 12.3. The number of urea groups is 1. The van der Waals surface area contributed by atoms with Crippen LogP contribution < -0.4 is 20.1 Å². The zero-order valence-electron chi connectivity index (χ0n) is 20.1. The van der Waals surface area contributed by atoms with Gasteiger partial charge in [-0.2, -0.15) is 0 Å². The standard InChI is InChI=1S/C26H34FN3O4/c1-4-5-11-28-26(32)30-16-20(19-9-10-23(33-2)24(14-19)34-3)13-21(17-30)25(31)29-15-18-7-6-8-22(27)12-18/h6-10,12,14,20-21H,4-5,11,13,15-17H2,1-3H3,(H,28,32)(H,29,31)/t20-,21+/m1/s1. The van der Waals surface area contributed by atoms with Crippen molar-refractivity contribution in [1.29, 1.82) is 0 Å². The van der Waals surface area contributed by atoms with Crippen LogP contribution in [0, 0.1) is 11.7 Å². The van der Waals surface area contributed by atoms with Crippen molar-refractivity contribution < 1.29 is 23.5 Å². The van der Waals surface area contributed by atoms with Crippen molar-refractivity contribution in [2.24, 2.45) is 5.92 Å². The van der Waals surface area contributed by atoms with Crippen LogP contribution in [0.4, 0.5) is 9.18 Å². The number of amides is 3. The summed E-state index contributed by atoms with van der Waals surface area (Å²) in [6.07, 6.45) is 2.47. The minimum Gasteiger partial charge on any atom is -0.493 e. The van der Waals surface area contributed by atoms with Gasteiger partial charge in [0.1, 0.15) is 5.82 Å². The molecule has 1 aliphatic heterocycles. The Morgan fingerprint density at radius 1 is 1.06 bits per heavy atom. The Hall–Kier alpha value is -3.29. The minimum atomic E-state index is -0.391. The number of hydrogen-bond acceptors (Lipinski definition) is 4. The summed E-state index contributed by atoms with van der Waals surface area (Å²) < 4.78 is 24.3. The first-order chi connectivity index (χ1) is 16.4. The van der Waals surface area contributed by atoms with Crippen LogP contribution in [0.15, 0.2) is 42.5 Å². The van der Waals surface area contributed by atoms with Crippen LogP contribution in [0.25, 0.3) is 0 Å². The summed E-state index contributed by atoms with van der Waals surface area (Å²) in [5.41, 5.74) is 1.67. The molecular weight excluding hydrogens is 437 g/mol. The molecule has 0 unspecified atom stereocenters. The molecule has 0 aromatic heterocycles. The Balaban J connectivity index is 1.76. The van der Waals surface area contributed by atoms with Gasteiger partial charge in [-0.15, -0.1) is 0 Å². The molecule has 1 aliphatic rings. The maximum Gasteiger partial charge on any atom is 0.317 e. The van der Waals surface area contributed by atoms with Crippen molar-refractivity contribution in [3.8, 4) is 11.5 Å². The SMILES string of the molecule is CCCCNC(=O)N1C[C@@H](C(=O)NCc2cccc(F)c2)C[C@@H](c2ccc(OC)c(OC)c2)C1. The summed E-state index contributed by atoms with van der Waals surface area (Å²) in [4.78, 5) is 27.6. The molecule has 7 nitrogen and oxygen atoms in total. The van der Waals surface area contributed by atoms with Crippen molar-refractivity contribution in [3.05, 3.63) is 59.4 Å². The average molecular weight is 472 g/mol. The molecule has 2 aromatic rings. The number of ether oxygens (including phenoxy) is 2. The average Bonchev–Trinajstić information content (AvgIpc) is 2.86. The molecule has 184 valence electrons. The number of halogens is 1. The number of nitrogens with one attached hydrogen (secondary N) is 2. The second-order valence-electron chi connectivity index (χ2n) is 8.58. The van der Waals surface area contributed by atoms with Gasteiger partial charge in [-0.3, -0.25) is 4.79 Å². The molecule has 3 amide bonds. The highest BCUT2D eigenvalue weighted by molar-refractivity contribution is 5.81. The number of carbonyl (C=O) groups excluding carboxylic acids is 2. The molecule has 3 rings (SSSR count). The molecule has 2 N–H and O–H groups in total. The van der Waals surface area contributed by atoms with E-state index in [1.807, 2.05) is 18.2 Å². The van der Waals surface area contributed by atoms with Gasteiger partial charge in [0.2, 0.25) is 5.91 Å². The molecule has 0 radical (unpaired) electrons. The van der Waals surface area contributed by atoms with E-state index < -0.39 is 5.92 Å². The predicted molar refractivity (Wildman–Crippen MR) is 129 cm³/mol. The van der Waals surface area contributed by atoms with Crippen LogP contribution in [-0.2, 0) is 11.3 Å². The summed E-state index contributed by atoms with van der Waals surface area (Å²) in [6.45, 7) is 3.73. The fourth-order valence-corrected chi connectivity index (χ4v) is 4.27. The minimum absolute atomic E-state index is 0.0459. The molecule has 0 bridgehead atoms. The number of carbonyl (C=O) groups is 2. The number of hydrogen-bond donors (Lipinski definition) is 2. The lowest BCUT2D eigenvalue weighted by atomic mass is 9.84. The fraction of sp³-hybridized carbons (Fsp3) is 0.462. The Labute approximate surface area is 200 Å². The molecule has 2 atom stereocenters. The molecule has 1 fully saturated rings. The van der Waals surface area contributed by atoms with E-state index in [1.54, 1.807) is 31.3 Å². The van der Waals surface area contributed by atoms with Gasteiger partial charge in [0.05, 0.1) is 20.1 Å².